The largest absolute Gasteiger partial charge is 0.304 e. The predicted molar refractivity (Wildman–Crippen MR) is 41.5 cm³/mol. The van der Waals surface area contributed by atoms with Crippen LogP contribution in [0.4, 0.5) is 0 Å². The smallest absolute Gasteiger partial charge is 0.0423 e. The van der Waals surface area contributed by atoms with E-state index in [0.29, 0.717) is 0 Å². The van der Waals surface area contributed by atoms with Crippen molar-refractivity contribution in [3.05, 3.63) is 12.2 Å². The molecule has 50 valence electrons. The summed E-state index contributed by atoms with van der Waals surface area (Å²) in [5, 5.41) is 4.35. The molecule has 0 spiro atoms. The fraction of sp³-hybridized carbons (Fsp3) is 0.714. The average molecular weight is 141 g/mol. The number of hydrogen-bond donors (Lipinski definition) is 1. The Bertz CT molecular complexity index is 119. The minimum atomic E-state index is 0.792. The Morgan fingerprint density at radius 2 is 2.22 bits per heavy atom. The molecular weight excluding hydrogens is 130 g/mol. The van der Waals surface area contributed by atoms with E-state index in [1.807, 2.05) is 0 Å². The van der Waals surface area contributed by atoms with Crippen LogP contribution >= 0.6 is 11.8 Å². The third-order valence-corrected chi connectivity index (χ3v) is 3.30. The molecule has 0 saturated carbocycles. The first-order chi connectivity index (χ1) is 4.47. The third kappa shape index (κ3) is 1.01. The molecule has 2 unspecified atom stereocenters. The zero-order valence-electron chi connectivity index (χ0n) is 5.34. The van der Waals surface area contributed by atoms with Crippen LogP contribution in [0, 0.1) is 0 Å². The molecule has 0 radical (unpaired) electrons. The molecule has 0 bridgehead atoms. The van der Waals surface area contributed by atoms with E-state index in [9.17, 15) is 0 Å². The highest BCUT2D eigenvalue weighted by atomic mass is 32.2. The van der Waals surface area contributed by atoms with Crippen molar-refractivity contribution in [2.75, 3.05) is 5.88 Å². The number of nitrogens with one attached hydrogen (secondary N) is 1. The summed E-state index contributed by atoms with van der Waals surface area (Å²) in [4.78, 5) is 0. The second-order valence-corrected chi connectivity index (χ2v) is 3.83. The van der Waals surface area contributed by atoms with E-state index in [1.165, 1.54) is 12.8 Å². The molecule has 1 aliphatic heterocycles. The van der Waals surface area contributed by atoms with Crippen LogP contribution < -0.4 is 5.32 Å². The van der Waals surface area contributed by atoms with Gasteiger partial charge in [-0.05, 0) is 12.8 Å². The van der Waals surface area contributed by atoms with Gasteiger partial charge in [0.05, 0.1) is 0 Å². The zero-order valence-corrected chi connectivity index (χ0v) is 6.16. The minimum absolute atomic E-state index is 0.792. The number of fused-ring (bicyclic) bond motifs is 1. The molecule has 1 N–H and O–H groups in total. The predicted octanol–water partition coefficient (Wildman–Crippen LogP) is 1.37. The van der Waals surface area contributed by atoms with Crippen LogP contribution in [0.1, 0.15) is 12.8 Å². The van der Waals surface area contributed by atoms with Crippen LogP contribution in [-0.2, 0) is 0 Å². The highest BCUT2D eigenvalue weighted by Crippen LogP contribution is 2.29. The number of allylic oxidation sites excluding steroid dienone is 1. The molecule has 0 amide bonds. The summed E-state index contributed by atoms with van der Waals surface area (Å²) >= 11 is 2.06. The van der Waals surface area contributed by atoms with Crippen molar-refractivity contribution in [2.24, 2.45) is 0 Å². The van der Waals surface area contributed by atoms with Crippen LogP contribution in [0.3, 0.4) is 0 Å². The maximum atomic E-state index is 3.47. The van der Waals surface area contributed by atoms with Crippen molar-refractivity contribution in [2.45, 2.75) is 24.1 Å². The monoisotopic (exact) mass is 141 g/mol. The molecule has 2 heteroatoms. The van der Waals surface area contributed by atoms with E-state index >= 15 is 0 Å². The fourth-order valence-electron chi connectivity index (χ4n) is 1.45. The minimum Gasteiger partial charge on any atom is -0.304 e. The fourth-order valence-corrected chi connectivity index (χ4v) is 2.66. The number of hydrogen-bond acceptors (Lipinski definition) is 2. The summed E-state index contributed by atoms with van der Waals surface area (Å²) in [5.41, 5.74) is 0. The molecule has 0 aromatic carbocycles. The summed E-state index contributed by atoms with van der Waals surface area (Å²) < 4.78 is 0. The van der Waals surface area contributed by atoms with Crippen LogP contribution in [0.2, 0.25) is 0 Å². The van der Waals surface area contributed by atoms with E-state index in [4.69, 9.17) is 0 Å². The second kappa shape index (κ2) is 2.35. The van der Waals surface area contributed by atoms with Gasteiger partial charge in [-0.1, -0.05) is 12.2 Å². The number of rotatable bonds is 0. The van der Waals surface area contributed by atoms with E-state index in [2.05, 4.69) is 29.2 Å². The SMILES string of the molecule is C1=CCC2SCNC2C1. The van der Waals surface area contributed by atoms with E-state index in [1.54, 1.807) is 0 Å². The Kier molecular flexibility index (Phi) is 1.52. The lowest BCUT2D eigenvalue weighted by atomic mass is 10.0. The van der Waals surface area contributed by atoms with E-state index in [-0.39, 0.29) is 0 Å². The molecule has 2 aliphatic rings. The second-order valence-electron chi connectivity index (χ2n) is 2.60. The molecule has 0 aromatic heterocycles. The Morgan fingerprint density at radius 3 is 3.11 bits per heavy atom. The molecule has 0 aromatic rings. The first-order valence-corrected chi connectivity index (χ1v) is 4.52. The Morgan fingerprint density at radius 1 is 1.33 bits per heavy atom. The summed E-state index contributed by atoms with van der Waals surface area (Å²) in [5.74, 6) is 1.16. The van der Waals surface area contributed by atoms with Crippen molar-refractivity contribution >= 4 is 11.8 Å². The van der Waals surface area contributed by atoms with Gasteiger partial charge in [0.25, 0.3) is 0 Å². The molecule has 1 fully saturated rings. The van der Waals surface area contributed by atoms with E-state index in [0.717, 1.165) is 17.2 Å². The lowest BCUT2D eigenvalue weighted by Crippen LogP contribution is -2.30. The maximum absolute atomic E-state index is 3.47. The maximum Gasteiger partial charge on any atom is 0.0423 e. The molecule has 1 nitrogen and oxygen atoms in total. The quantitative estimate of drug-likeness (QED) is 0.511. The van der Waals surface area contributed by atoms with Gasteiger partial charge in [0.15, 0.2) is 0 Å². The van der Waals surface area contributed by atoms with Gasteiger partial charge < -0.3 is 5.32 Å². The Balaban J connectivity index is 2.07. The van der Waals surface area contributed by atoms with Crippen LogP contribution in [0.25, 0.3) is 0 Å². The molecule has 1 heterocycles. The Hall–Kier alpha value is 0.0500. The first kappa shape index (κ1) is 5.81. The van der Waals surface area contributed by atoms with Crippen LogP contribution in [-0.4, -0.2) is 17.2 Å². The first-order valence-electron chi connectivity index (χ1n) is 3.47. The Labute approximate surface area is 59.9 Å². The van der Waals surface area contributed by atoms with Crippen LogP contribution in [0.15, 0.2) is 12.2 Å². The van der Waals surface area contributed by atoms with Crippen molar-refractivity contribution in [1.82, 2.24) is 5.32 Å². The standard InChI is InChI=1S/C7H11NS/c1-2-4-7-6(3-1)8-5-9-7/h1-2,6-8H,3-5H2. The molecule has 2 atom stereocenters. The molecular formula is C7H11NS. The molecule has 2 rings (SSSR count). The zero-order chi connectivity index (χ0) is 6.10. The number of thioether (sulfide) groups is 1. The summed E-state index contributed by atoms with van der Waals surface area (Å²) in [6.45, 7) is 0. The van der Waals surface area contributed by atoms with Gasteiger partial charge in [-0.2, -0.15) is 0 Å². The summed E-state index contributed by atoms with van der Waals surface area (Å²) in [6.07, 6.45) is 7.13. The van der Waals surface area contributed by atoms with Gasteiger partial charge in [-0.15, -0.1) is 11.8 Å². The van der Waals surface area contributed by atoms with Gasteiger partial charge >= 0.3 is 0 Å². The third-order valence-electron chi connectivity index (χ3n) is 2.02. The lowest BCUT2D eigenvalue weighted by molar-refractivity contribution is 0.550. The topological polar surface area (TPSA) is 12.0 Å². The normalized spacial score (nSPS) is 40.9. The highest BCUT2D eigenvalue weighted by Gasteiger charge is 2.26. The lowest BCUT2D eigenvalue weighted by Gasteiger charge is -2.18. The summed E-state index contributed by atoms with van der Waals surface area (Å²) in [6, 6.07) is 0.792. The molecule has 1 aliphatic carbocycles. The molecule has 1 saturated heterocycles. The van der Waals surface area contributed by atoms with Crippen molar-refractivity contribution < 1.29 is 0 Å². The average Bonchev–Trinajstić information content (AvgIpc) is 2.33. The van der Waals surface area contributed by atoms with Gasteiger partial charge in [-0.25, -0.2) is 0 Å². The van der Waals surface area contributed by atoms with Crippen LogP contribution in [0.5, 0.6) is 0 Å². The van der Waals surface area contributed by atoms with Gasteiger partial charge in [0.1, 0.15) is 0 Å². The van der Waals surface area contributed by atoms with Crippen molar-refractivity contribution in [3.63, 3.8) is 0 Å². The summed E-state index contributed by atoms with van der Waals surface area (Å²) in [7, 11) is 0. The highest BCUT2D eigenvalue weighted by molar-refractivity contribution is 8.00. The van der Waals surface area contributed by atoms with E-state index < -0.39 is 0 Å². The van der Waals surface area contributed by atoms with Gasteiger partial charge in [0, 0.05) is 17.2 Å². The van der Waals surface area contributed by atoms with Gasteiger partial charge in [0.2, 0.25) is 0 Å². The van der Waals surface area contributed by atoms with Gasteiger partial charge in [-0.3, -0.25) is 0 Å². The van der Waals surface area contributed by atoms with Crippen molar-refractivity contribution in [1.29, 1.82) is 0 Å². The van der Waals surface area contributed by atoms with Crippen molar-refractivity contribution in [3.8, 4) is 0 Å². The molecule has 9 heavy (non-hydrogen) atoms.